The van der Waals surface area contributed by atoms with E-state index < -0.39 is 0 Å². The Bertz CT molecular complexity index is 977. The molecule has 1 saturated heterocycles. The van der Waals surface area contributed by atoms with E-state index in [2.05, 4.69) is 17.1 Å². The second-order valence-electron chi connectivity index (χ2n) is 8.38. The van der Waals surface area contributed by atoms with Crippen LogP contribution in [0.1, 0.15) is 36.5 Å². The lowest BCUT2D eigenvalue weighted by molar-refractivity contribution is -0.118. The van der Waals surface area contributed by atoms with Crippen LogP contribution in [0.15, 0.2) is 42.5 Å². The maximum atomic E-state index is 12.9. The summed E-state index contributed by atoms with van der Waals surface area (Å²) >= 11 is 6.35. The fourth-order valence-corrected chi connectivity index (χ4v) is 4.61. The van der Waals surface area contributed by atoms with Crippen molar-refractivity contribution in [2.75, 3.05) is 44.7 Å². The molecule has 0 unspecified atom stereocenters. The fraction of sp³-hybridized carbons (Fsp3) is 0.440. The highest BCUT2D eigenvalue weighted by molar-refractivity contribution is 6.34. The van der Waals surface area contributed by atoms with Gasteiger partial charge in [-0.15, -0.1) is 0 Å². The van der Waals surface area contributed by atoms with Crippen molar-refractivity contribution >= 4 is 29.1 Å². The number of anilines is 1. The molecule has 0 bridgehead atoms. The van der Waals surface area contributed by atoms with E-state index in [1.807, 2.05) is 35.2 Å². The van der Waals surface area contributed by atoms with Crippen molar-refractivity contribution in [3.63, 3.8) is 0 Å². The number of halogens is 1. The molecule has 176 valence electrons. The number of likely N-dealkylation sites (tertiary alicyclic amines) is 1. The summed E-state index contributed by atoms with van der Waals surface area (Å²) in [4.78, 5) is 29.7. The SMILES string of the molecule is CCCN(CC(=O)Nc1cc2c(cc1Cl)OCCO2)C1CCN(C(=O)c2ccccc2)CC1. The maximum absolute atomic E-state index is 12.9. The largest absolute Gasteiger partial charge is 0.486 e. The Hall–Kier alpha value is -2.77. The van der Waals surface area contributed by atoms with Crippen LogP contribution in [-0.2, 0) is 4.79 Å². The van der Waals surface area contributed by atoms with Gasteiger partial charge in [-0.05, 0) is 37.9 Å². The van der Waals surface area contributed by atoms with Gasteiger partial charge in [-0.1, -0.05) is 36.7 Å². The Morgan fingerprint density at radius 2 is 1.76 bits per heavy atom. The third kappa shape index (κ3) is 5.78. The third-order valence-corrected chi connectivity index (χ3v) is 6.37. The lowest BCUT2D eigenvalue weighted by Crippen LogP contribution is -2.49. The zero-order chi connectivity index (χ0) is 23.2. The first kappa shape index (κ1) is 23.4. The van der Waals surface area contributed by atoms with Crippen LogP contribution >= 0.6 is 11.6 Å². The quantitative estimate of drug-likeness (QED) is 0.659. The van der Waals surface area contributed by atoms with Gasteiger partial charge >= 0.3 is 0 Å². The van der Waals surface area contributed by atoms with E-state index in [-0.39, 0.29) is 24.4 Å². The molecule has 1 fully saturated rings. The van der Waals surface area contributed by atoms with Gasteiger partial charge in [-0.25, -0.2) is 0 Å². The minimum atomic E-state index is -0.121. The molecule has 0 aromatic heterocycles. The number of piperidine rings is 1. The summed E-state index contributed by atoms with van der Waals surface area (Å²) in [6.45, 7) is 5.53. The number of nitrogens with zero attached hydrogens (tertiary/aromatic N) is 2. The van der Waals surface area contributed by atoms with Gasteiger partial charge in [0.2, 0.25) is 5.91 Å². The number of hydrogen-bond donors (Lipinski definition) is 1. The molecular weight excluding hydrogens is 442 g/mol. The standard InChI is InChI=1S/C25H30ClN3O4/c1-2-10-29(19-8-11-28(12-9-19)25(31)18-6-4-3-5-7-18)17-24(30)27-21-16-23-22(15-20(21)26)32-13-14-33-23/h3-7,15-16,19H,2,8-14,17H2,1H3,(H,27,30). The van der Waals surface area contributed by atoms with Crippen LogP contribution in [0.25, 0.3) is 0 Å². The molecular formula is C25H30ClN3O4. The second-order valence-corrected chi connectivity index (χ2v) is 8.79. The zero-order valence-corrected chi connectivity index (χ0v) is 19.6. The Kier molecular flexibility index (Phi) is 7.73. The monoisotopic (exact) mass is 471 g/mol. The average molecular weight is 472 g/mol. The van der Waals surface area contributed by atoms with Crippen molar-refractivity contribution < 1.29 is 19.1 Å². The second kappa shape index (κ2) is 10.9. The number of ether oxygens (including phenoxy) is 2. The molecule has 0 spiro atoms. The number of nitrogens with one attached hydrogen (secondary N) is 1. The highest BCUT2D eigenvalue weighted by atomic mass is 35.5. The van der Waals surface area contributed by atoms with E-state index in [4.69, 9.17) is 21.1 Å². The van der Waals surface area contributed by atoms with Crippen molar-refractivity contribution in [2.24, 2.45) is 0 Å². The van der Waals surface area contributed by atoms with Crippen molar-refractivity contribution in [3.05, 3.63) is 53.1 Å². The molecule has 0 aliphatic carbocycles. The van der Waals surface area contributed by atoms with Crippen LogP contribution in [0.5, 0.6) is 11.5 Å². The molecule has 2 aliphatic rings. The van der Waals surface area contributed by atoms with Crippen molar-refractivity contribution in [1.29, 1.82) is 0 Å². The van der Waals surface area contributed by atoms with Crippen molar-refractivity contribution in [3.8, 4) is 11.5 Å². The van der Waals surface area contributed by atoms with Gasteiger partial charge in [0.05, 0.1) is 17.3 Å². The molecule has 0 radical (unpaired) electrons. The molecule has 1 N–H and O–H groups in total. The van der Waals surface area contributed by atoms with E-state index in [9.17, 15) is 9.59 Å². The third-order valence-electron chi connectivity index (χ3n) is 6.05. The summed E-state index contributed by atoms with van der Waals surface area (Å²) in [5, 5.41) is 3.34. The van der Waals surface area contributed by atoms with Crippen LogP contribution < -0.4 is 14.8 Å². The van der Waals surface area contributed by atoms with Crippen LogP contribution in [0, 0.1) is 0 Å². The van der Waals surface area contributed by atoms with Crippen molar-refractivity contribution in [2.45, 2.75) is 32.2 Å². The van der Waals surface area contributed by atoms with Gasteiger partial charge in [-0.3, -0.25) is 14.5 Å². The summed E-state index contributed by atoms with van der Waals surface area (Å²) in [6.07, 6.45) is 2.63. The number of hydrogen-bond acceptors (Lipinski definition) is 5. The Morgan fingerprint density at radius 1 is 1.09 bits per heavy atom. The van der Waals surface area contributed by atoms with Crippen molar-refractivity contribution in [1.82, 2.24) is 9.80 Å². The number of benzene rings is 2. The minimum Gasteiger partial charge on any atom is -0.486 e. The van der Waals surface area contributed by atoms with E-state index >= 15 is 0 Å². The van der Waals surface area contributed by atoms with Gasteiger partial charge in [0.15, 0.2) is 11.5 Å². The summed E-state index contributed by atoms with van der Waals surface area (Å²) in [6, 6.07) is 13.0. The first-order valence-electron chi connectivity index (χ1n) is 11.5. The molecule has 2 aromatic carbocycles. The lowest BCUT2D eigenvalue weighted by atomic mass is 10.0. The Balaban J connectivity index is 1.34. The maximum Gasteiger partial charge on any atom is 0.253 e. The molecule has 2 aromatic rings. The molecule has 33 heavy (non-hydrogen) atoms. The van der Waals surface area contributed by atoms with E-state index in [1.54, 1.807) is 12.1 Å². The number of amides is 2. The first-order chi connectivity index (χ1) is 16.0. The molecule has 8 heteroatoms. The predicted molar refractivity (Wildman–Crippen MR) is 128 cm³/mol. The van der Waals surface area contributed by atoms with Gasteiger partial charge < -0.3 is 19.7 Å². The van der Waals surface area contributed by atoms with Crippen LogP contribution in [-0.4, -0.2) is 67.0 Å². The number of fused-ring (bicyclic) bond motifs is 1. The number of carbonyl (C=O) groups excluding carboxylic acids is 2. The van der Waals surface area contributed by atoms with Crippen LogP contribution in [0.2, 0.25) is 5.02 Å². The smallest absolute Gasteiger partial charge is 0.253 e. The summed E-state index contributed by atoms with van der Waals surface area (Å²) in [7, 11) is 0. The van der Waals surface area contributed by atoms with Crippen LogP contribution in [0.4, 0.5) is 5.69 Å². The van der Waals surface area contributed by atoms with Gasteiger partial charge in [0.1, 0.15) is 13.2 Å². The molecule has 2 heterocycles. The predicted octanol–water partition coefficient (Wildman–Crippen LogP) is 4.07. The van der Waals surface area contributed by atoms with E-state index in [1.165, 1.54) is 0 Å². The summed E-state index contributed by atoms with van der Waals surface area (Å²) in [5.74, 6) is 1.13. The highest BCUT2D eigenvalue weighted by Crippen LogP contribution is 2.38. The summed E-state index contributed by atoms with van der Waals surface area (Å²) < 4.78 is 11.1. The number of carbonyl (C=O) groups is 2. The van der Waals surface area contributed by atoms with Gasteiger partial charge in [0, 0.05) is 36.8 Å². The number of rotatable bonds is 7. The first-order valence-corrected chi connectivity index (χ1v) is 11.9. The molecule has 0 atom stereocenters. The minimum absolute atomic E-state index is 0.0714. The molecule has 2 amide bonds. The average Bonchev–Trinajstić information content (AvgIpc) is 2.84. The molecule has 0 saturated carbocycles. The van der Waals surface area contributed by atoms with Gasteiger partial charge in [-0.2, -0.15) is 0 Å². The van der Waals surface area contributed by atoms with Gasteiger partial charge in [0.25, 0.3) is 5.91 Å². The molecule has 2 aliphatic heterocycles. The topological polar surface area (TPSA) is 71.1 Å². The molecule has 4 rings (SSSR count). The summed E-state index contributed by atoms with van der Waals surface area (Å²) in [5.41, 5.74) is 1.24. The highest BCUT2D eigenvalue weighted by Gasteiger charge is 2.28. The lowest BCUT2D eigenvalue weighted by Gasteiger charge is -2.38. The normalized spacial score (nSPS) is 16.0. The Labute approximate surface area is 199 Å². The zero-order valence-electron chi connectivity index (χ0n) is 18.9. The molecule has 7 nitrogen and oxygen atoms in total. The van der Waals surface area contributed by atoms with E-state index in [0.29, 0.717) is 48.5 Å². The van der Waals surface area contributed by atoms with Crippen LogP contribution in [0.3, 0.4) is 0 Å². The van der Waals surface area contributed by atoms with E-state index in [0.717, 1.165) is 31.4 Å². The Morgan fingerprint density at radius 3 is 2.42 bits per heavy atom. The fourth-order valence-electron chi connectivity index (χ4n) is 4.41.